The summed E-state index contributed by atoms with van der Waals surface area (Å²) in [7, 11) is 0. The minimum Gasteiger partial charge on any atom is -0.434 e. The molecule has 2 atom stereocenters. The van der Waals surface area contributed by atoms with Crippen LogP contribution in [0.1, 0.15) is 45.0 Å². The fourth-order valence-electron chi connectivity index (χ4n) is 6.09. The molecule has 0 radical (unpaired) electrons. The molecule has 0 fully saturated rings. The van der Waals surface area contributed by atoms with Crippen LogP contribution in [0.15, 0.2) is 65.1 Å². The second-order valence-electron chi connectivity index (χ2n) is 9.35. The Labute approximate surface area is 206 Å². The predicted octanol–water partition coefficient (Wildman–Crippen LogP) is 7.31. The molecule has 176 valence electrons. The monoisotopic (exact) mass is 487 g/mol. The van der Waals surface area contributed by atoms with Crippen LogP contribution in [0.4, 0.5) is 8.78 Å². The average Bonchev–Trinajstić information content (AvgIpc) is 3.36. The van der Waals surface area contributed by atoms with Gasteiger partial charge in [0.25, 0.3) is 0 Å². The van der Waals surface area contributed by atoms with Gasteiger partial charge in [0.15, 0.2) is 0 Å². The van der Waals surface area contributed by atoms with Crippen molar-refractivity contribution in [1.82, 2.24) is 0 Å². The van der Waals surface area contributed by atoms with Crippen LogP contribution in [-0.4, -0.2) is 24.4 Å². The Balaban J connectivity index is 1.52. The molecule has 3 nitrogen and oxygen atoms in total. The average molecular weight is 488 g/mol. The van der Waals surface area contributed by atoms with Crippen molar-refractivity contribution in [2.24, 2.45) is 5.92 Å². The van der Waals surface area contributed by atoms with Gasteiger partial charge in [0.2, 0.25) is 5.78 Å². The van der Waals surface area contributed by atoms with Crippen LogP contribution in [-0.2, 0) is 6.42 Å². The van der Waals surface area contributed by atoms with Crippen molar-refractivity contribution in [3.05, 3.63) is 88.0 Å². The van der Waals surface area contributed by atoms with E-state index in [1.165, 1.54) is 16.5 Å². The molecule has 6 heteroatoms. The Morgan fingerprint density at radius 1 is 1.03 bits per heavy atom. The van der Waals surface area contributed by atoms with Gasteiger partial charge in [0.1, 0.15) is 5.75 Å². The first kappa shape index (κ1) is 22.2. The van der Waals surface area contributed by atoms with E-state index in [1.807, 2.05) is 0 Å². The highest BCUT2D eigenvalue weighted by Gasteiger charge is 2.47. The Morgan fingerprint density at radius 3 is 2.60 bits per heavy atom. The third kappa shape index (κ3) is 3.38. The zero-order valence-corrected chi connectivity index (χ0v) is 20.1. The first-order valence-corrected chi connectivity index (χ1v) is 12.8. The quantitative estimate of drug-likeness (QED) is 0.393. The number of thioether (sulfide) groups is 1. The molecule has 3 aliphatic rings. The molecular weight excluding hydrogens is 464 g/mol. The number of rotatable bonds is 4. The maximum Gasteiger partial charge on any atom is 0.387 e. The van der Waals surface area contributed by atoms with Gasteiger partial charge in [-0.2, -0.15) is 8.78 Å². The number of alkyl halides is 2. The van der Waals surface area contributed by atoms with E-state index < -0.39 is 6.61 Å². The topological polar surface area (TPSA) is 50.2 Å². The highest BCUT2D eigenvalue weighted by atomic mass is 32.2. The molecule has 2 bridgehead atoms. The van der Waals surface area contributed by atoms with Gasteiger partial charge in [-0.3, -0.25) is 4.79 Å². The largest absolute Gasteiger partial charge is 0.434 e. The van der Waals surface area contributed by atoms with Crippen molar-refractivity contribution in [1.29, 1.82) is 5.41 Å². The van der Waals surface area contributed by atoms with Crippen LogP contribution in [0.2, 0.25) is 0 Å². The van der Waals surface area contributed by atoms with Crippen molar-refractivity contribution in [3.63, 3.8) is 0 Å². The van der Waals surface area contributed by atoms with Gasteiger partial charge in [0.05, 0.1) is 5.71 Å². The van der Waals surface area contributed by atoms with E-state index in [-0.39, 0.29) is 29.1 Å². The smallest absolute Gasteiger partial charge is 0.387 e. The first-order valence-electron chi connectivity index (χ1n) is 11.6. The Morgan fingerprint density at radius 2 is 1.86 bits per heavy atom. The van der Waals surface area contributed by atoms with E-state index in [4.69, 9.17) is 10.1 Å². The molecule has 2 unspecified atom stereocenters. The molecule has 3 aromatic carbocycles. The van der Waals surface area contributed by atoms with E-state index in [2.05, 4.69) is 49.6 Å². The molecule has 0 spiro atoms. The zero-order chi connectivity index (χ0) is 24.4. The molecule has 0 heterocycles. The third-order valence-corrected chi connectivity index (χ3v) is 8.31. The van der Waals surface area contributed by atoms with E-state index >= 15 is 0 Å². The standard InChI is InChI=1S/C29H23F2NO2S/c1-14-10-17(35-2)8-9-18(14)15-6-7-16-12-21-22-13-23(25(21)20(16)11-15)26-19(28(33)27(22)32)4-3-5-24(26)34-29(30)31/h3-11,22-23,29,32H,12-13H2,1-2H3. The fraction of sp³-hybridized carbons (Fsp3) is 0.241. The number of hydrogen-bond acceptors (Lipinski definition) is 4. The van der Waals surface area contributed by atoms with E-state index in [0.717, 1.165) is 33.4 Å². The van der Waals surface area contributed by atoms with Gasteiger partial charge in [-0.15, -0.1) is 11.8 Å². The Hall–Kier alpha value is -3.25. The number of carbonyl (C=O) groups is 1. The predicted molar refractivity (Wildman–Crippen MR) is 135 cm³/mol. The van der Waals surface area contributed by atoms with Crippen LogP contribution in [0.3, 0.4) is 0 Å². The maximum atomic E-state index is 13.3. The lowest BCUT2D eigenvalue weighted by atomic mass is 9.84. The summed E-state index contributed by atoms with van der Waals surface area (Å²) in [6.45, 7) is -0.878. The Bertz CT molecular complexity index is 1460. The number of nitrogens with one attached hydrogen (secondary N) is 1. The highest BCUT2D eigenvalue weighted by molar-refractivity contribution is 7.98. The summed E-state index contributed by atoms with van der Waals surface area (Å²) in [4.78, 5) is 14.4. The molecule has 1 N–H and O–H groups in total. The number of ketones is 1. The molecule has 0 aliphatic heterocycles. The number of aryl methyl sites for hydroxylation is 1. The summed E-state index contributed by atoms with van der Waals surface area (Å²) in [5.74, 6) is -0.915. The van der Waals surface area contributed by atoms with Crippen molar-refractivity contribution < 1.29 is 18.3 Å². The Kier molecular flexibility index (Phi) is 5.18. The molecule has 0 aromatic heterocycles. The summed E-state index contributed by atoms with van der Waals surface area (Å²) in [5, 5.41) is 8.69. The summed E-state index contributed by atoms with van der Waals surface area (Å²) in [6, 6.07) is 17.6. The third-order valence-electron chi connectivity index (χ3n) is 7.58. The van der Waals surface area contributed by atoms with Gasteiger partial charge in [-0.1, -0.05) is 35.9 Å². The molecule has 6 rings (SSSR count). The molecule has 0 saturated heterocycles. The highest BCUT2D eigenvalue weighted by Crippen LogP contribution is 2.58. The van der Waals surface area contributed by atoms with Crippen LogP contribution in [0, 0.1) is 18.3 Å². The summed E-state index contributed by atoms with van der Waals surface area (Å²) >= 11 is 1.71. The molecule has 0 amide bonds. The van der Waals surface area contributed by atoms with Crippen molar-refractivity contribution in [3.8, 4) is 16.9 Å². The minimum atomic E-state index is -2.99. The van der Waals surface area contributed by atoms with Gasteiger partial charge >= 0.3 is 6.61 Å². The normalized spacial score (nSPS) is 20.1. The van der Waals surface area contributed by atoms with Crippen molar-refractivity contribution in [2.45, 2.75) is 37.2 Å². The minimum absolute atomic E-state index is 0.0335. The zero-order valence-electron chi connectivity index (χ0n) is 19.3. The number of hydrogen-bond donors (Lipinski definition) is 1. The van der Waals surface area contributed by atoms with Crippen molar-refractivity contribution >= 4 is 28.8 Å². The van der Waals surface area contributed by atoms with Crippen molar-refractivity contribution in [2.75, 3.05) is 6.26 Å². The van der Waals surface area contributed by atoms with Crippen LogP contribution in [0.5, 0.6) is 5.75 Å². The van der Waals surface area contributed by atoms with Crippen LogP contribution in [0.25, 0.3) is 16.7 Å². The first-order chi connectivity index (χ1) is 16.9. The number of Topliss-reactive ketones (excluding diaryl/α,β-unsaturated/α-hetero) is 1. The number of allylic oxidation sites excluding steroid dienone is 2. The van der Waals surface area contributed by atoms with Gasteiger partial charge in [0, 0.05) is 27.9 Å². The van der Waals surface area contributed by atoms with Gasteiger partial charge < -0.3 is 10.1 Å². The fourth-order valence-corrected chi connectivity index (χ4v) is 6.58. The van der Waals surface area contributed by atoms with E-state index in [9.17, 15) is 13.6 Å². The SMILES string of the molecule is CSc1ccc(-c2ccc3c(c2)C2=C(C3)C3CC2c2c(OC(F)F)cccc2C(=O)C3=N)c(C)c1. The molecule has 3 aromatic rings. The van der Waals surface area contributed by atoms with Crippen LogP contribution >= 0.6 is 11.8 Å². The molecule has 35 heavy (non-hydrogen) atoms. The maximum absolute atomic E-state index is 13.3. The lowest BCUT2D eigenvalue weighted by molar-refractivity contribution is -0.0505. The van der Waals surface area contributed by atoms with Gasteiger partial charge in [-0.05, 0) is 83.7 Å². The molecular formula is C29H23F2NO2S. The number of carbonyl (C=O) groups excluding carboxylic acids is 1. The number of fused-ring (bicyclic) bond motifs is 8. The second kappa shape index (κ2) is 8.16. The lowest BCUT2D eigenvalue weighted by Gasteiger charge is -2.22. The number of ether oxygens (including phenoxy) is 1. The lowest BCUT2D eigenvalue weighted by Crippen LogP contribution is -2.23. The number of benzene rings is 3. The summed E-state index contributed by atoms with van der Waals surface area (Å²) in [6.07, 6.45) is 3.28. The number of halogens is 2. The molecule has 3 aliphatic carbocycles. The van der Waals surface area contributed by atoms with Gasteiger partial charge in [-0.25, -0.2) is 0 Å². The molecule has 0 saturated carbocycles. The summed E-state index contributed by atoms with van der Waals surface area (Å²) < 4.78 is 31.5. The van der Waals surface area contributed by atoms with E-state index in [0.29, 0.717) is 24.0 Å². The van der Waals surface area contributed by atoms with Crippen LogP contribution < -0.4 is 4.74 Å². The van der Waals surface area contributed by atoms with E-state index in [1.54, 1.807) is 23.9 Å². The second-order valence-corrected chi connectivity index (χ2v) is 10.2. The summed E-state index contributed by atoms with van der Waals surface area (Å²) in [5.41, 5.74) is 8.70.